The van der Waals surface area contributed by atoms with Gasteiger partial charge in [0.15, 0.2) is 0 Å². The van der Waals surface area contributed by atoms with Crippen molar-refractivity contribution in [2.24, 2.45) is 5.73 Å². The van der Waals surface area contributed by atoms with Gasteiger partial charge in [0.05, 0.1) is 6.61 Å². The van der Waals surface area contributed by atoms with Crippen LogP contribution in [0.15, 0.2) is 23.1 Å². The van der Waals surface area contributed by atoms with E-state index in [4.69, 9.17) is 16.6 Å². The number of hydrogen-bond donors (Lipinski definition) is 3. The fourth-order valence-electron chi connectivity index (χ4n) is 1.06. The number of carbonyl (C=O) groups is 1. The van der Waals surface area contributed by atoms with E-state index >= 15 is 0 Å². The summed E-state index contributed by atoms with van der Waals surface area (Å²) in [4.78, 5) is 11.7. The Labute approximate surface area is 92.6 Å². The number of aliphatic hydroxyl groups excluding tert-OH is 1. The summed E-state index contributed by atoms with van der Waals surface area (Å²) in [5.41, 5.74) is 11.8. The average molecular weight is 226 g/mol. The number of benzene rings is 1. The molecular formula is C10H14N2O2S. The minimum absolute atomic E-state index is 0.0757. The van der Waals surface area contributed by atoms with Crippen molar-refractivity contribution < 1.29 is 9.90 Å². The number of primary amides is 1. The lowest BCUT2D eigenvalue weighted by Gasteiger charge is -2.10. The quantitative estimate of drug-likeness (QED) is 0.524. The average Bonchev–Trinajstić information content (AvgIpc) is 2.20. The Morgan fingerprint density at radius 1 is 1.60 bits per heavy atom. The number of amides is 1. The molecule has 82 valence electrons. The summed E-state index contributed by atoms with van der Waals surface area (Å²) in [6.07, 6.45) is 0. The van der Waals surface area contributed by atoms with Gasteiger partial charge in [0, 0.05) is 21.4 Å². The number of hydrogen-bond acceptors (Lipinski definition) is 4. The zero-order valence-electron chi connectivity index (χ0n) is 8.43. The monoisotopic (exact) mass is 226 g/mol. The number of rotatable bonds is 4. The van der Waals surface area contributed by atoms with Crippen molar-refractivity contribution in [1.29, 1.82) is 0 Å². The van der Waals surface area contributed by atoms with Gasteiger partial charge in [0.25, 0.3) is 0 Å². The Bertz CT molecular complexity index is 368. The van der Waals surface area contributed by atoms with E-state index in [9.17, 15) is 4.79 Å². The van der Waals surface area contributed by atoms with Crippen LogP contribution in [0.4, 0.5) is 5.69 Å². The maximum absolute atomic E-state index is 10.9. The summed E-state index contributed by atoms with van der Waals surface area (Å²) in [5.74, 6) is -0.492. The molecule has 0 aliphatic rings. The third-order valence-electron chi connectivity index (χ3n) is 1.88. The summed E-state index contributed by atoms with van der Waals surface area (Å²) in [6, 6.07) is 4.92. The fraction of sp³-hybridized carbons (Fsp3) is 0.300. The third kappa shape index (κ3) is 3.14. The third-order valence-corrected chi connectivity index (χ3v) is 3.06. The van der Waals surface area contributed by atoms with Gasteiger partial charge in [-0.1, -0.05) is 6.92 Å². The maximum atomic E-state index is 10.9. The molecule has 5 heteroatoms. The van der Waals surface area contributed by atoms with Crippen LogP contribution < -0.4 is 11.5 Å². The smallest absolute Gasteiger partial charge is 0.248 e. The molecule has 0 heterocycles. The lowest BCUT2D eigenvalue weighted by atomic mass is 10.2. The van der Waals surface area contributed by atoms with Gasteiger partial charge in [-0.05, 0) is 18.2 Å². The van der Waals surface area contributed by atoms with Crippen molar-refractivity contribution in [1.82, 2.24) is 0 Å². The van der Waals surface area contributed by atoms with Gasteiger partial charge >= 0.3 is 0 Å². The maximum Gasteiger partial charge on any atom is 0.248 e. The largest absolute Gasteiger partial charge is 0.398 e. The molecule has 0 aromatic heterocycles. The number of aliphatic hydroxyl groups is 1. The van der Waals surface area contributed by atoms with Crippen LogP contribution in [0.25, 0.3) is 0 Å². The molecule has 15 heavy (non-hydrogen) atoms. The second kappa shape index (κ2) is 5.04. The molecule has 1 aromatic rings. The van der Waals surface area contributed by atoms with E-state index in [0.717, 1.165) is 4.90 Å². The Kier molecular flexibility index (Phi) is 3.99. The van der Waals surface area contributed by atoms with Crippen LogP contribution in [0.2, 0.25) is 0 Å². The Hall–Kier alpha value is -1.20. The Balaban J connectivity index is 2.88. The first kappa shape index (κ1) is 11.9. The number of nitrogen functional groups attached to an aromatic ring is 1. The molecule has 1 aromatic carbocycles. The zero-order chi connectivity index (χ0) is 11.4. The first-order valence-corrected chi connectivity index (χ1v) is 5.39. The highest BCUT2D eigenvalue weighted by atomic mass is 32.2. The number of carbonyl (C=O) groups excluding carboxylic acids is 1. The number of thioether (sulfide) groups is 1. The van der Waals surface area contributed by atoms with Crippen LogP contribution in [0.1, 0.15) is 17.3 Å². The first-order chi connectivity index (χ1) is 7.04. The van der Waals surface area contributed by atoms with Gasteiger partial charge in [-0.3, -0.25) is 4.79 Å². The highest BCUT2D eigenvalue weighted by Gasteiger charge is 2.08. The van der Waals surface area contributed by atoms with Crippen LogP contribution in [-0.2, 0) is 0 Å². The van der Waals surface area contributed by atoms with Crippen molar-refractivity contribution in [2.75, 3.05) is 12.3 Å². The second-order valence-electron chi connectivity index (χ2n) is 3.23. The van der Waals surface area contributed by atoms with Gasteiger partial charge in [-0.15, -0.1) is 11.8 Å². The molecule has 0 aliphatic carbocycles. The van der Waals surface area contributed by atoms with Crippen molar-refractivity contribution >= 4 is 23.4 Å². The van der Waals surface area contributed by atoms with E-state index in [1.54, 1.807) is 18.2 Å². The molecule has 1 atom stereocenters. The second-order valence-corrected chi connectivity index (χ2v) is 4.71. The predicted molar refractivity (Wildman–Crippen MR) is 61.8 cm³/mol. The van der Waals surface area contributed by atoms with E-state index in [1.165, 1.54) is 11.8 Å². The molecule has 0 aliphatic heterocycles. The number of nitrogens with two attached hydrogens (primary N) is 2. The van der Waals surface area contributed by atoms with Crippen LogP contribution in [0, 0.1) is 0 Å². The molecule has 0 saturated carbocycles. The molecule has 0 fully saturated rings. The van der Waals surface area contributed by atoms with Gasteiger partial charge < -0.3 is 16.6 Å². The van der Waals surface area contributed by atoms with Crippen LogP contribution in [-0.4, -0.2) is 22.9 Å². The molecule has 1 rings (SSSR count). The van der Waals surface area contributed by atoms with Crippen LogP contribution >= 0.6 is 11.8 Å². The summed E-state index contributed by atoms with van der Waals surface area (Å²) < 4.78 is 0. The molecule has 1 unspecified atom stereocenters. The fourth-order valence-corrected chi connectivity index (χ4v) is 1.91. The summed E-state index contributed by atoms with van der Waals surface area (Å²) in [7, 11) is 0. The van der Waals surface area contributed by atoms with E-state index in [-0.39, 0.29) is 11.9 Å². The highest BCUT2D eigenvalue weighted by molar-refractivity contribution is 8.00. The van der Waals surface area contributed by atoms with Gasteiger partial charge in [-0.25, -0.2) is 0 Å². The standard InChI is InChI=1S/C10H14N2O2S/c1-6(5-13)15-9-3-2-7(10(12)14)4-8(9)11/h2-4,6,13H,5,11H2,1H3,(H2,12,14). The zero-order valence-corrected chi connectivity index (χ0v) is 9.25. The lowest BCUT2D eigenvalue weighted by molar-refractivity contribution is 0.100. The summed E-state index contributed by atoms with van der Waals surface area (Å²) in [6.45, 7) is 1.98. The van der Waals surface area contributed by atoms with E-state index in [1.807, 2.05) is 6.92 Å². The minimum atomic E-state index is -0.492. The van der Waals surface area contributed by atoms with E-state index in [2.05, 4.69) is 0 Å². The van der Waals surface area contributed by atoms with Crippen LogP contribution in [0.5, 0.6) is 0 Å². The first-order valence-electron chi connectivity index (χ1n) is 4.51. The summed E-state index contributed by atoms with van der Waals surface area (Å²) >= 11 is 1.46. The molecule has 0 saturated heterocycles. The lowest BCUT2D eigenvalue weighted by Crippen LogP contribution is -2.11. The molecule has 5 N–H and O–H groups in total. The normalized spacial score (nSPS) is 12.4. The van der Waals surface area contributed by atoms with Gasteiger partial charge in [0.1, 0.15) is 0 Å². The van der Waals surface area contributed by atoms with Gasteiger partial charge in [-0.2, -0.15) is 0 Å². The van der Waals surface area contributed by atoms with Crippen molar-refractivity contribution in [2.45, 2.75) is 17.1 Å². The topological polar surface area (TPSA) is 89.3 Å². The number of anilines is 1. The molecule has 0 bridgehead atoms. The van der Waals surface area contributed by atoms with E-state index in [0.29, 0.717) is 11.3 Å². The Morgan fingerprint density at radius 3 is 2.73 bits per heavy atom. The van der Waals surface area contributed by atoms with Crippen molar-refractivity contribution in [3.8, 4) is 0 Å². The summed E-state index contributed by atoms with van der Waals surface area (Å²) in [5, 5.41) is 8.97. The predicted octanol–water partition coefficient (Wildman–Crippen LogP) is 0.841. The molecule has 0 spiro atoms. The molecule has 0 radical (unpaired) electrons. The van der Waals surface area contributed by atoms with Crippen molar-refractivity contribution in [3.05, 3.63) is 23.8 Å². The van der Waals surface area contributed by atoms with Gasteiger partial charge in [0.2, 0.25) is 5.91 Å². The van der Waals surface area contributed by atoms with E-state index < -0.39 is 5.91 Å². The molecule has 4 nitrogen and oxygen atoms in total. The van der Waals surface area contributed by atoms with Crippen LogP contribution in [0.3, 0.4) is 0 Å². The highest BCUT2D eigenvalue weighted by Crippen LogP contribution is 2.29. The minimum Gasteiger partial charge on any atom is -0.398 e. The molecule has 1 amide bonds. The SMILES string of the molecule is CC(CO)Sc1ccc(C(N)=O)cc1N. The van der Waals surface area contributed by atoms with Crippen molar-refractivity contribution in [3.63, 3.8) is 0 Å². The Morgan fingerprint density at radius 2 is 2.27 bits per heavy atom. The molecular weight excluding hydrogens is 212 g/mol.